The van der Waals surface area contributed by atoms with Crippen molar-refractivity contribution < 1.29 is 14.3 Å². The van der Waals surface area contributed by atoms with E-state index in [0.717, 1.165) is 27.7 Å². The van der Waals surface area contributed by atoms with E-state index < -0.39 is 6.04 Å². The van der Waals surface area contributed by atoms with E-state index in [-0.39, 0.29) is 24.4 Å². The number of aromatic amines is 1. The van der Waals surface area contributed by atoms with E-state index in [1.807, 2.05) is 42.5 Å². The van der Waals surface area contributed by atoms with E-state index in [1.54, 1.807) is 19.1 Å². The Bertz CT molecular complexity index is 1100. The number of para-hydroxylation sites is 2. The van der Waals surface area contributed by atoms with Gasteiger partial charge in [0.05, 0.1) is 13.7 Å². The maximum atomic E-state index is 13.1. The summed E-state index contributed by atoms with van der Waals surface area (Å²) >= 11 is 0. The van der Waals surface area contributed by atoms with Crippen LogP contribution in [0.2, 0.25) is 0 Å². The molecule has 142 valence electrons. The quantitative estimate of drug-likeness (QED) is 0.748. The van der Waals surface area contributed by atoms with Crippen LogP contribution in [-0.4, -0.2) is 53.3 Å². The van der Waals surface area contributed by atoms with Crippen LogP contribution in [0.15, 0.2) is 48.5 Å². The second kappa shape index (κ2) is 6.12. The molecule has 6 heteroatoms. The zero-order chi connectivity index (χ0) is 19.4. The van der Waals surface area contributed by atoms with Crippen LogP contribution in [0.5, 0.6) is 5.75 Å². The average molecular weight is 375 g/mol. The second-order valence-corrected chi connectivity index (χ2v) is 7.42. The van der Waals surface area contributed by atoms with Crippen LogP contribution in [0.3, 0.4) is 0 Å². The van der Waals surface area contributed by atoms with Crippen LogP contribution in [0.4, 0.5) is 0 Å². The van der Waals surface area contributed by atoms with Gasteiger partial charge < -0.3 is 19.5 Å². The van der Waals surface area contributed by atoms with Crippen molar-refractivity contribution in [2.75, 3.05) is 20.7 Å². The van der Waals surface area contributed by atoms with Gasteiger partial charge in [-0.2, -0.15) is 0 Å². The Morgan fingerprint density at radius 2 is 1.82 bits per heavy atom. The van der Waals surface area contributed by atoms with Crippen molar-refractivity contribution in [1.82, 2.24) is 14.8 Å². The minimum atomic E-state index is -0.507. The molecule has 6 nitrogen and oxygen atoms in total. The van der Waals surface area contributed by atoms with Gasteiger partial charge in [0.2, 0.25) is 11.8 Å². The number of hydrogen-bond donors (Lipinski definition) is 1. The summed E-state index contributed by atoms with van der Waals surface area (Å²) in [7, 11) is 3.32. The SMILES string of the molecule is COc1ccccc1[C@H]1c2[nH]c3ccccc3c2C[C@H]2C(=O)N(C)CC(=O)N12. The van der Waals surface area contributed by atoms with Gasteiger partial charge in [-0.1, -0.05) is 36.4 Å². The first kappa shape index (κ1) is 16.9. The summed E-state index contributed by atoms with van der Waals surface area (Å²) in [6, 6.07) is 14.9. The minimum absolute atomic E-state index is 0.0181. The van der Waals surface area contributed by atoms with Crippen molar-refractivity contribution in [1.29, 1.82) is 0 Å². The number of rotatable bonds is 2. The van der Waals surface area contributed by atoms with Crippen molar-refractivity contribution in [3.8, 4) is 5.75 Å². The van der Waals surface area contributed by atoms with Gasteiger partial charge in [-0.3, -0.25) is 9.59 Å². The summed E-state index contributed by atoms with van der Waals surface area (Å²) in [5.74, 6) is 0.639. The van der Waals surface area contributed by atoms with E-state index in [0.29, 0.717) is 12.2 Å². The topological polar surface area (TPSA) is 65.6 Å². The van der Waals surface area contributed by atoms with Gasteiger partial charge in [-0.15, -0.1) is 0 Å². The van der Waals surface area contributed by atoms with Crippen LogP contribution >= 0.6 is 0 Å². The van der Waals surface area contributed by atoms with Crippen molar-refractivity contribution in [3.05, 3.63) is 65.4 Å². The molecule has 2 aromatic carbocycles. The average Bonchev–Trinajstić information content (AvgIpc) is 3.09. The molecule has 1 fully saturated rings. The molecule has 2 amide bonds. The number of carbonyl (C=O) groups is 2. The third-order valence-electron chi connectivity index (χ3n) is 5.89. The molecule has 2 aliphatic rings. The van der Waals surface area contributed by atoms with E-state index in [9.17, 15) is 9.59 Å². The highest BCUT2D eigenvalue weighted by molar-refractivity contribution is 5.97. The van der Waals surface area contributed by atoms with Crippen molar-refractivity contribution in [2.24, 2.45) is 0 Å². The number of nitrogens with one attached hydrogen (secondary N) is 1. The fourth-order valence-corrected chi connectivity index (χ4v) is 4.62. The molecule has 3 heterocycles. The number of H-pyrrole nitrogens is 1. The number of methoxy groups -OCH3 is 1. The Hall–Kier alpha value is -3.28. The molecule has 0 bridgehead atoms. The molecule has 5 rings (SSSR count). The van der Waals surface area contributed by atoms with E-state index in [1.165, 1.54) is 4.90 Å². The van der Waals surface area contributed by atoms with Gasteiger partial charge in [-0.05, 0) is 17.7 Å². The lowest BCUT2D eigenvalue weighted by Gasteiger charge is -2.46. The normalized spacial score (nSPS) is 21.6. The lowest BCUT2D eigenvalue weighted by Crippen LogP contribution is -2.62. The summed E-state index contributed by atoms with van der Waals surface area (Å²) in [6.07, 6.45) is 0.514. The van der Waals surface area contributed by atoms with Crippen LogP contribution < -0.4 is 4.74 Å². The monoisotopic (exact) mass is 375 g/mol. The lowest BCUT2D eigenvalue weighted by molar-refractivity contribution is -0.157. The summed E-state index contributed by atoms with van der Waals surface area (Å²) < 4.78 is 5.60. The van der Waals surface area contributed by atoms with Crippen molar-refractivity contribution in [3.63, 3.8) is 0 Å². The van der Waals surface area contributed by atoms with Gasteiger partial charge >= 0.3 is 0 Å². The van der Waals surface area contributed by atoms with Crippen molar-refractivity contribution in [2.45, 2.75) is 18.5 Å². The second-order valence-electron chi connectivity index (χ2n) is 7.42. The van der Waals surface area contributed by atoms with Crippen molar-refractivity contribution >= 4 is 22.7 Å². The molecule has 1 aromatic heterocycles. The lowest BCUT2D eigenvalue weighted by atomic mass is 9.86. The molecule has 28 heavy (non-hydrogen) atoms. The Labute approximate surface area is 162 Å². The van der Waals surface area contributed by atoms with Gasteiger partial charge in [0, 0.05) is 35.6 Å². The molecule has 3 aromatic rings. The summed E-state index contributed by atoms with van der Waals surface area (Å²) in [6.45, 7) is 0.0938. The highest BCUT2D eigenvalue weighted by Gasteiger charge is 2.47. The number of fused-ring (bicyclic) bond motifs is 4. The van der Waals surface area contributed by atoms with Gasteiger partial charge in [0.25, 0.3) is 0 Å². The minimum Gasteiger partial charge on any atom is -0.496 e. The van der Waals surface area contributed by atoms with Gasteiger partial charge in [-0.25, -0.2) is 0 Å². The summed E-state index contributed by atoms with van der Waals surface area (Å²) in [4.78, 5) is 32.9. The molecule has 0 aliphatic carbocycles. The Morgan fingerprint density at radius 3 is 2.64 bits per heavy atom. The standard InChI is InChI=1S/C22H21N3O3/c1-24-12-19(26)25-17(22(24)27)11-15-13-7-3-5-9-16(13)23-20(15)21(25)14-8-4-6-10-18(14)28-2/h3-10,17,21,23H,11-12H2,1-2H3/t17-,21-/m0/s1. The Morgan fingerprint density at radius 1 is 1.07 bits per heavy atom. The third-order valence-corrected chi connectivity index (χ3v) is 5.89. The molecular formula is C22H21N3O3. The summed E-state index contributed by atoms with van der Waals surface area (Å²) in [5.41, 5.74) is 3.96. The zero-order valence-electron chi connectivity index (χ0n) is 15.8. The maximum Gasteiger partial charge on any atom is 0.245 e. The largest absolute Gasteiger partial charge is 0.496 e. The predicted molar refractivity (Wildman–Crippen MR) is 105 cm³/mol. The molecule has 0 unspecified atom stereocenters. The molecule has 2 atom stereocenters. The number of piperazine rings is 1. The first-order valence-corrected chi connectivity index (χ1v) is 9.38. The summed E-state index contributed by atoms with van der Waals surface area (Å²) in [5, 5.41) is 1.10. The van der Waals surface area contributed by atoms with Crippen LogP contribution in [-0.2, 0) is 16.0 Å². The molecule has 0 saturated carbocycles. The molecule has 1 N–H and O–H groups in total. The van der Waals surface area contributed by atoms with Crippen LogP contribution in [0.25, 0.3) is 10.9 Å². The molecule has 2 aliphatic heterocycles. The van der Waals surface area contributed by atoms with Gasteiger partial charge in [0.15, 0.2) is 0 Å². The number of likely N-dealkylation sites (N-methyl/N-ethyl adjacent to an activating group) is 1. The number of aromatic nitrogens is 1. The molecule has 1 saturated heterocycles. The number of ether oxygens (including phenoxy) is 1. The third kappa shape index (κ3) is 2.27. The highest BCUT2D eigenvalue weighted by atomic mass is 16.5. The fraction of sp³-hybridized carbons (Fsp3) is 0.273. The number of carbonyl (C=O) groups excluding carboxylic acids is 2. The number of benzene rings is 2. The highest BCUT2D eigenvalue weighted by Crippen LogP contribution is 2.44. The maximum absolute atomic E-state index is 13.1. The Kier molecular flexibility index (Phi) is 3.69. The van der Waals surface area contributed by atoms with Crippen LogP contribution in [0, 0.1) is 0 Å². The van der Waals surface area contributed by atoms with E-state index in [2.05, 4.69) is 11.1 Å². The number of nitrogens with zero attached hydrogens (tertiary/aromatic N) is 2. The molecular weight excluding hydrogens is 354 g/mol. The molecule has 0 radical (unpaired) electrons. The smallest absolute Gasteiger partial charge is 0.245 e. The number of amides is 2. The Balaban J connectivity index is 1.79. The first-order valence-electron chi connectivity index (χ1n) is 9.38. The zero-order valence-corrected chi connectivity index (χ0v) is 15.8. The predicted octanol–water partition coefficient (Wildman–Crippen LogP) is 2.49. The first-order chi connectivity index (χ1) is 13.6. The van der Waals surface area contributed by atoms with E-state index >= 15 is 0 Å². The fourth-order valence-electron chi connectivity index (χ4n) is 4.62. The molecule has 0 spiro atoms. The van der Waals surface area contributed by atoms with Crippen LogP contribution in [0.1, 0.15) is 22.9 Å². The van der Waals surface area contributed by atoms with E-state index in [4.69, 9.17) is 4.74 Å². The van der Waals surface area contributed by atoms with Gasteiger partial charge in [0.1, 0.15) is 17.8 Å². The number of hydrogen-bond acceptors (Lipinski definition) is 3.